The molecule has 1 rings (SSSR count). The molecule has 0 spiro atoms. The van der Waals surface area contributed by atoms with E-state index in [0.717, 1.165) is 5.56 Å². The Morgan fingerprint density at radius 3 is 2.50 bits per heavy atom. The Hall–Kier alpha value is -1.35. The summed E-state index contributed by atoms with van der Waals surface area (Å²) in [6.45, 7) is 0. The van der Waals surface area contributed by atoms with E-state index in [-0.39, 0.29) is 0 Å². The molecule has 3 nitrogen and oxygen atoms in total. The molecular weight excluding hydrogens is 164 g/mol. The minimum Gasteiger partial charge on any atom is -0.480 e. The topological polar surface area (TPSA) is 63.3 Å². The number of nitrogens with two attached hydrogens (primary N) is 1. The van der Waals surface area contributed by atoms with E-state index < -0.39 is 12.0 Å². The average molecular weight is 175 g/mol. The molecule has 0 amide bonds. The zero-order valence-corrected chi connectivity index (χ0v) is 6.60. The summed E-state index contributed by atoms with van der Waals surface area (Å²) in [5.41, 5.74) is 6.30. The lowest BCUT2D eigenvalue weighted by Gasteiger charge is -2.04. The van der Waals surface area contributed by atoms with Crippen molar-refractivity contribution in [2.24, 2.45) is 5.73 Å². The summed E-state index contributed by atoms with van der Waals surface area (Å²) in [7, 11) is 0. The van der Waals surface area contributed by atoms with Gasteiger partial charge in [0.05, 0.1) is 0 Å². The van der Waals surface area contributed by atoms with E-state index in [1.165, 1.54) is 0 Å². The standard InChI is InChI=1S/C9H11NO2/c10-8(9(11)12)6-7-4-2-1-3-5-7/h1-5,8H,6,10H2,(H,11,12)/t8-/m0/s1/i1+1,2+1,3+1,4+1,5+1,6+1,7+1,8+1,9+1,10+1. The van der Waals surface area contributed by atoms with Crippen LogP contribution in [0.5, 0.6) is 0 Å². The maximum Gasteiger partial charge on any atom is 0.320 e. The van der Waals surface area contributed by atoms with Crippen molar-refractivity contribution in [1.82, 2.24) is 0 Å². The Kier molecular flexibility index (Phi) is 2.82. The van der Waals surface area contributed by atoms with Crippen LogP contribution in [0, 0.1) is 0 Å². The number of carboxylic acids is 1. The minimum atomic E-state index is -0.959. The number of carbonyl (C=O) groups is 1. The number of hydrogen-bond donors (Lipinski definition) is 2. The van der Waals surface area contributed by atoms with Gasteiger partial charge in [0.15, 0.2) is 0 Å². The van der Waals surface area contributed by atoms with E-state index in [2.05, 4.69) is 0 Å². The predicted molar refractivity (Wildman–Crippen MR) is 45.8 cm³/mol. The maximum absolute atomic E-state index is 10.4. The van der Waals surface area contributed by atoms with Crippen molar-refractivity contribution in [3.05, 3.63) is 35.9 Å². The highest BCUT2D eigenvalue weighted by atomic mass is 16.5. The molecule has 0 fully saturated rings. The molecule has 0 saturated carbocycles. The summed E-state index contributed by atoms with van der Waals surface area (Å²) in [6, 6.07) is 8.54. The van der Waals surface area contributed by atoms with Crippen LogP contribution in [0.15, 0.2) is 30.3 Å². The van der Waals surface area contributed by atoms with Crippen molar-refractivity contribution in [3.8, 4) is 0 Å². The Bertz CT molecular complexity index is 258. The van der Waals surface area contributed by atoms with Crippen LogP contribution in [-0.2, 0) is 11.2 Å². The van der Waals surface area contributed by atoms with Gasteiger partial charge in [-0.15, -0.1) is 0 Å². The van der Waals surface area contributed by atoms with Crippen LogP contribution < -0.4 is 5.73 Å². The van der Waals surface area contributed by atoms with Crippen LogP contribution in [0.1, 0.15) is 5.56 Å². The highest BCUT2D eigenvalue weighted by Crippen LogP contribution is 2.01. The molecule has 0 heterocycles. The Balaban J connectivity index is 2.58. The molecule has 0 aromatic heterocycles. The van der Waals surface area contributed by atoms with Crippen LogP contribution in [0.25, 0.3) is 0 Å². The monoisotopic (exact) mass is 175 g/mol. The lowest BCUT2D eigenvalue weighted by Crippen LogP contribution is -2.32. The predicted octanol–water partition coefficient (Wildman–Crippen LogP) is 0.641. The first kappa shape index (κ1) is 8.74. The molecule has 0 unspecified atom stereocenters. The number of benzene rings is 1. The van der Waals surface area contributed by atoms with E-state index in [1.54, 1.807) is 0 Å². The van der Waals surface area contributed by atoms with E-state index in [0.29, 0.717) is 6.42 Å². The number of carboxylic acid groups (broad SMARTS) is 1. The zero-order chi connectivity index (χ0) is 8.97. The van der Waals surface area contributed by atoms with Crippen molar-refractivity contribution in [2.75, 3.05) is 0 Å². The van der Waals surface area contributed by atoms with Crippen LogP contribution in [-0.4, -0.2) is 17.1 Å². The molecule has 64 valence electrons. The molecule has 0 aliphatic carbocycles. The molecule has 0 aliphatic heterocycles. The second-order valence-corrected chi connectivity index (χ2v) is 2.63. The quantitative estimate of drug-likeness (QED) is 0.523. The number of rotatable bonds is 3. The van der Waals surface area contributed by atoms with Gasteiger partial charge in [-0.3, -0.25) is 4.79 Å². The first-order valence-corrected chi connectivity index (χ1v) is 3.72. The lowest BCUT2D eigenvalue weighted by atomic mass is 11.1. The average Bonchev–Trinajstić information content (AvgIpc) is 2.06. The van der Waals surface area contributed by atoms with Gasteiger partial charge in [0.2, 0.25) is 0 Å². The van der Waals surface area contributed by atoms with E-state index in [4.69, 9.17) is 10.8 Å². The Morgan fingerprint density at radius 2 is 2.00 bits per heavy atom. The smallest absolute Gasteiger partial charge is 0.320 e. The maximum atomic E-state index is 10.4. The molecular formula is C9H11NO2. The van der Waals surface area contributed by atoms with Crippen molar-refractivity contribution < 1.29 is 9.90 Å². The second-order valence-electron chi connectivity index (χ2n) is 2.63. The highest BCUT2D eigenvalue weighted by Gasteiger charge is 2.10. The van der Waals surface area contributed by atoms with Crippen molar-refractivity contribution in [1.29, 1.82) is 0 Å². The SMILES string of the molecule is [15NH2][13C@@H]([13CH2][13c]1[13cH][13cH][13cH][13cH][13cH]1)[13C](=O)O. The largest absolute Gasteiger partial charge is 0.480 e. The van der Waals surface area contributed by atoms with Gasteiger partial charge in [-0.25, -0.2) is 0 Å². The molecule has 0 radical (unpaired) electrons. The third-order valence-corrected chi connectivity index (χ3v) is 1.62. The van der Waals surface area contributed by atoms with Crippen LogP contribution >= 0.6 is 0 Å². The highest BCUT2D eigenvalue weighted by molar-refractivity contribution is 5.73. The zero-order valence-electron chi connectivity index (χ0n) is 6.60. The summed E-state index contributed by atoms with van der Waals surface area (Å²) in [6.07, 6.45) is 0.385. The first-order chi connectivity index (χ1) is 5.70. The van der Waals surface area contributed by atoms with Crippen molar-refractivity contribution >= 4 is 5.97 Å². The van der Waals surface area contributed by atoms with Crippen LogP contribution in [0.2, 0.25) is 0 Å². The minimum absolute atomic E-state index is 0.385. The molecule has 12 heavy (non-hydrogen) atoms. The van der Waals surface area contributed by atoms with Gasteiger partial charge in [-0.05, 0) is 12.0 Å². The molecule has 0 bridgehead atoms. The first-order valence-electron chi connectivity index (χ1n) is 3.72. The summed E-state index contributed by atoms with van der Waals surface area (Å²) in [5.74, 6) is -0.959. The molecule has 1 atom stereocenters. The molecule has 3 N–H and O–H groups in total. The third-order valence-electron chi connectivity index (χ3n) is 1.62. The van der Waals surface area contributed by atoms with E-state index >= 15 is 0 Å². The van der Waals surface area contributed by atoms with Gasteiger partial charge in [0.1, 0.15) is 6.04 Å². The van der Waals surface area contributed by atoms with Crippen molar-refractivity contribution in [3.63, 3.8) is 0 Å². The fraction of sp³-hybridized carbons (Fsp3) is 0.222. The molecule has 1 aromatic carbocycles. The molecule has 1 aromatic rings. The molecule has 3 heteroatoms. The fourth-order valence-electron chi connectivity index (χ4n) is 0.955. The van der Waals surface area contributed by atoms with Gasteiger partial charge in [0, 0.05) is 0 Å². The van der Waals surface area contributed by atoms with Gasteiger partial charge >= 0.3 is 5.97 Å². The van der Waals surface area contributed by atoms with Gasteiger partial charge in [-0.2, -0.15) is 0 Å². The lowest BCUT2D eigenvalue weighted by molar-refractivity contribution is -0.138. The van der Waals surface area contributed by atoms with Gasteiger partial charge in [-0.1, -0.05) is 30.3 Å². The van der Waals surface area contributed by atoms with E-state index in [1.807, 2.05) is 30.3 Å². The van der Waals surface area contributed by atoms with Crippen LogP contribution in [0.4, 0.5) is 0 Å². The van der Waals surface area contributed by atoms with Crippen LogP contribution in [0.3, 0.4) is 0 Å². The number of aliphatic carboxylic acids is 1. The second kappa shape index (κ2) is 3.88. The Morgan fingerprint density at radius 1 is 1.42 bits per heavy atom. The van der Waals surface area contributed by atoms with Crippen molar-refractivity contribution in [2.45, 2.75) is 12.5 Å². The molecule has 0 saturated heterocycles. The number of hydrogen-bond acceptors (Lipinski definition) is 2. The third kappa shape index (κ3) is 2.36. The van der Waals surface area contributed by atoms with Gasteiger partial charge in [0.25, 0.3) is 0 Å². The summed E-state index contributed by atoms with van der Waals surface area (Å²) >= 11 is 0. The summed E-state index contributed by atoms with van der Waals surface area (Å²) < 4.78 is 0. The van der Waals surface area contributed by atoms with Gasteiger partial charge < -0.3 is 10.8 Å². The normalized spacial score (nSPS) is 12.4. The summed E-state index contributed by atoms with van der Waals surface area (Å²) in [4.78, 5) is 10.4. The fourth-order valence-corrected chi connectivity index (χ4v) is 0.955. The summed E-state index contributed by atoms with van der Waals surface area (Å²) in [5, 5.41) is 8.52. The van der Waals surface area contributed by atoms with E-state index in [9.17, 15) is 4.79 Å². The molecule has 0 aliphatic rings. The Labute approximate surface area is 70.8 Å².